The summed E-state index contributed by atoms with van der Waals surface area (Å²) in [4.78, 5) is 2.70. The van der Waals surface area contributed by atoms with Crippen molar-refractivity contribution in [3.8, 4) is 0 Å². The fourth-order valence-corrected chi connectivity index (χ4v) is 4.14. The van der Waals surface area contributed by atoms with Gasteiger partial charge >= 0.3 is 0 Å². The predicted molar refractivity (Wildman–Crippen MR) is 68.5 cm³/mol. The highest BCUT2D eigenvalue weighted by Crippen LogP contribution is 2.35. The smallest absolute Gasteiger partial charge is 0.0192 e. The maximum atomic E-state index is 3.52. The Morgan fingerprint density at radius 3 is 2.87 bits per heavy atom. The molecule has 1 N–H and O–H groups in total. The molecule has 0 amide bonds. The highest BCUT2D eigenvalue weighted by Gasteiger charge is 2.33. The molecule has 0 aromatic heterocycles. The Labute approximate surface area is 98.2 Å². The molecule has 2 rings (SSSR count). The molecule has 0 spiro atoms. The van der Waals surface area contributed by atoms with E-state index in [1.165, 1.54) is 37.6 Å². The molecule has 0 aromatic rings. The first kappa shape index (κ1) is 11.7. The van der Waals surface area contributed by atoms with E-state index in [2.05, 4.69) is 42.7 Å². The summed E-state index contributed by atoms with van der Waals surface area (Å²) in [6.07, 6.45) is 1.38. The highest BCUT2D eigenvalue weighted by atomic mass is 32.2. The fourth-order valence-electron chi connectivity index (χ4n) is 2.76. The second kappa shape index (κ2) is 4.64. The Hall–Kier alpha value is 0.270. The molecule has 2 fully saturated rings. The number of hydrogen-bond acceptors (Lipinski definition) is 3. The van der Waals surface area contributed by atoms with Crippen LogP contribution in [0.15, 0.2) is 0 Å². The molecule has 2 nitrogen and oxygen atoms in total. The minimum atomic E-state index is 0.543. The summed E-state index contributed by atoms with van der Waals surface area (Å²) in [5.74, 6) is 2.68. The van der Waals surface area contributed by atoms with Crippen molar-refractivity contribution in [2.24, 2.45) is 5.41 Å². The van der Waals surface area contributed by atoms with Crippen LogP contribution >= 0.6 is 11.8 Å². The largest absolute Gasteiger partial charge is 0.312 e. The van der Waals surface area contributed by atoms with Crippen molar-refractivity contribution in [1.82, 2.24) is 10.2 Å². The predicted octanol–water partition coefficient (Wildman–Crippen LogP) is 1.81. The molecule has 2 unspecified atom stereocenters. The van der Waals surface area contributed by atoms with Crippen molar-refractivity contribution in [3.05, 3.63) is 0 Å². The lowest BCUT2D eigenvalue weighted by Crippen LogP contribution is -2.55. The van der Waals surface area contributed by atoms with E-state index < -0.39 is 0 Å². The van der Waals surface area contributed by atoms with Crippen LogP contribution < -0.4 is 5.32 Å². The maximum absolute atomic E-state index is 3.52. The molecule has 2 aliphatic heterocycles. The van der Waals surface area contributed by atoms with Crippen molar-refractivity contribution in [2.45, 2.75) is 39.3 Å². The van der Waals surface area contributed by atoms with E-state index in [-0.39, 0.29) is 0 Å². The van der Waals surface area contributed by atoms with Crippen LogP contribution in [0.1, 0.15) is 27.2 Å². The molecule has 15 heavy (non-hydrogen) atoms. The van der Waals surface area contributed by atoms with Crippen LogP contribution in [-0.4, -0.2) is 48.1 Å². The van der Waals surface area contributed by atoms with Crippen molar-refractivity contribution < 1.29 is 0 Å². The van der Waals surface area contributed by atoms with Crippen LogP contribution in [0.25, 0.3) is 0 Å². The molecule has 2 saturated heterocycles. The number of piperazine rings is 1. The lowest BCUT2D eigenvalue weighted by atomic mass is 9.87. The third-order valence-corrected chi connectivity index (χ3v) is 5.11. The number of thioether (sulfide) groups is 1. The molecule has 0 aliphatic carbocycles. The van der Waals surface area contributed by atoms with E-state index in [0.29, 0.717) is 11.5 Å². The summed E-state index contributed by atoms with van der Waals surface area (Å²) in [6.45, 7) is 10.8. The van der Waals surface area contributed by atoms with Crippen LogP contribution in [0.5, 0.6) is 0 Å². The fraction of sp³-hybridized carbons (Fsp3) is 1.00. The molecule has 0 bridgehead atoms. The number of hydrogen-bond donors (Lipinski definition) is 1. The Kier molecular flexibility index (Phi) is 3.63. The van der Waals surface area contributed by atoms with Gasteiger partial charge in [0.2, 0.25) is 0 Å². The first-order valence-electron chi connectivity index (χ1n) is 6.12. The van der Waals surface area contributed by atoms with Crippen LogP contribution in [0.2, 0.25) is 0 Å². The van der Waals surface area contributed by atoms with Gasteiger partial charge in [-0.1, -0.05) is 13.8 Å². The van der Waals surface area contributed by atoms with E-state index in [1.807, 2.05) is 0 Å². The van der Waals surface area contributed by atoms with Crippen LogP contribution in [0.3, 0.4) is 0 Å². The van der Waals surface area contributed by atoms with Gasteiger partial charge in [-0.05, 0) is 24.5 Å². The van der Waals surface area contributed by atoms with Crippen molar-refractivity contribution in [2.75, 3.05) is 31.1 Å². The van der Waals surface area contributed by atoms with E-state index in [0.717, 1.165) is 6.04 Å². The Bertz CT molecular complexity index is 218. The van der Waals surface area contributed by atoms with E-state index in [4.69, 9.17) is 0 Å². The summed E-state index contributed by atoms with van der Waals surface area (Å²) in [7, 11) is 0. The average molecular weight is 228 g/mol. The average Bonchev–Trinajstić information content (AvgIpc) is 2.16. The zero-order chi connectivity index (χ0) is 10.9. The maximum Gasteiger partial charge on any atom is 0.0192 e. The molecule has 0 radical (unpaired) electrons. The summed E-state index contributed by atoms with van der Waals surface area (Å²) in [5.41, 5.74) is 0.543. The molecule has 3 heteroatoms. The third kappa shape index (κ3) is 3.11. The standard InChI is InChI=1S/C12H24N2S/c1-10-7-14(5-4-13-10)11-6-12(2,3)9-15-8-11/h10-11,13H,4-9H2,1-3H3. The third-order valence-electron chi connectivity index (χ3n) is 3.51. The van der Waals surface area contributed by atoms with Crippen LogP contribution in [0, 0.1) is 5.41 Å². The first-order valence-corrected chi connectivity index (χ1v) is 7.27. The number of rotatable bonds is 1. The highest BCUT2D eigenvalue weighted by molar-refractivity contribution is 7.99. The molecular weight excluding hydrogens is 204 g/mol. The van der Waals surface area contributed by atoms with Gasteiger partial charge in [0.1, 0.15) is 0 Å². The van der Waals surface area contributed by atoms with Gasteiger partial charge in [-0.15, -0.1) is 0 Å². The monoisotopic (exact) mass is 228 g/mol. The van der Waals surface area contributed by atoms with Gasteiger partial charge in [0.05, 0.1) is 0 Å². The van der Waals surface area contributed by atoms with Gasteiger partial charge in [-0.2, -0.15) is 11.8 Å². The Morgan fingerprint density at radius 1 is 1.40 bits per heavy atom. The number of nitrogens with zero attached hydrogens (tertiary/aromatic N) is 1. The normalized spacial score (nSPS) is 37.8. The number of nitrogens with one attached hydrogen (secondary N) is 1. The minimum Gasteiger partial charge on any atom is -0.312 e. The minimum absolute atomic E-state index is 0.543. The molecule has 2 aliphatic rings. The Balaban J connectivity index is 1.92. The molecular formula is C12H24N2S. The van der Waals surface area contributed by atoms with Crippen molar-refractivity contribution >= 4 is 11.8 Å². The van der Waals surface area contributed by atoms with Crippen molar-refractivity contribution in [1.29, 1.82) is 0 Å². The van der Waals surface area contributed by atoms with Gasteiger partial charge in [0, 0.05) is 37.5 Å². The SMILES string of the molecule is CC1CN(C2CSCC(C)(C)C2)CCN1. The summed E-state index contributed by atoms with van der Waals surface area (Å²) >= 11 is 2.14. The molecule has 0 saturated carbocycles. The first-order chi connectivity index (χ1) is 7.07. The lowest BCUT2D eigenvalue weighted by Gasteiger charge is -2.43. The molecule has 88 valence electrons. The van der Waals surface area contributed by atoms with Gasteiger partial charge < -0.3 is 5.32 Å². The van der Waals surface area contributed by atoms with Gasteiger partial charge in [0.15, 0.2) is 0 Å². The molecule has 2 heterocycles. The van der Waals surface area contributed by atoms with Crippen LogP contribution in [-0.2, 0) is 0 Å². The van der Waals surface area contributed by atoms with Gasteiger partial charge in [0.25, 0.3) is 0 Å². The molecule has 2 atom stereocenters. The summed E-state index contributed by atoms with van der Waals surface area (Å²) in [6, 6.07) is 1.50. The Morgan fingerprint density at radius 2 is 2.20 bits per heavy atom. The van der Waals surface area contributed by atoms with Gasteiger partial charge in [-0.3, -0.25) is 4.90 Å². The van der Waals surface area contributed by atoms with Gasteiger partial charge in [-0.25, -0.2) is 0 Å². The van der Waals surface area contributed by atoms with E-state index >= 15 is 0 Å². The zero-order valence-corrected chi connectivity index (χ0v) is 11.1. The lowest BCUT2D eigenvalue weighted by molar-refractivity contribution is 0.125. The summed E-state index contributed by atoms with van der Waals surface area (Å²) in [5, 5.41) is 3.52. The second-order valence-corrected chi connectivity index (χ2v) is 6.92. The van der Waals surface area contributed by atoms with E-state index in [1.54, 1.807) is 0 Å². The topological polar surface area (TPSA) is 15.3 Å². The van der Waals surface area contributed by atoms with Crippen molar-refractivity contribution in [3.63, 3.8) is 0 Å². The molecule has 0 aromatic carbocycles. The quantitative estimate of drug-likeness (QED) is 0.737. The second-order valence-electron chi connectivity index (χ2n) is 5.89. The zero-order valence-electron chi connectivity index (χ0n) is 10.3. The van der Waals surface area contributed by atoms with Crippen LogP contribution in [0.4, 0.5) is 0 Å². The van der Waals surface area contributed by atoms with E-state index in [9.17, 15) is 0 Å². The summed E-state index contributed by atoms with van der Waals surface area (Å²) < 4.78 is 0.